The molecule has 2 aliphatic heterocycles. The summed E-state index contributed by atoms with van der Waals surface area (Å²) in [6.07, 6.45) is -5.08. The third-order valence-corrected chi connectivity index (χ3v) is 3.96. The fourth-order valence-corrected chi connectivity index (χ4v) is 2.50. The number of aliphatic carboxylic acids is 1. The summed E-state index contributed by atoms with van der Waals surface area (Å²) >= 11 is 0. The Morgan fingerprint density at radius 3 is 2.33 bits per heavy atom. The molecular formula is C16H21F3N4O4. The van der Waals surface area contributed by atoms with E-state index in [9.17, 15) is 18.0 Å². The molecule has 1 aromatic heterocycles. The second-order valence-corrected chi connectivity index (χ2v) is 6.05. The van der Waals surface area contributed by atoms with E-state index in [1.54, 1.807) is 6.07 Å². The molecule has 2 aliphatic rings. The number of nitrogens with one attached hydrogen (secondary N) is 2. The highest BCUT2D eigenvalue weighted by Gasteiger charge is 2.38. The van der Waals surface area contributed by atoms with Gasteiger partial charge in [0.2, 0.25) is 0 Å². The van der Waals surface area contributed by atoms with Crippen LogP contribution in [0.4, 0.5) is 18.9 Å². The van der Waals surface area contributed by atoms with Crippen LogP contribution in [-0.4, -0.2) is 73.6 Å². The van der Waals surface area contributed by atoms with Crippen LogP contribution < -0.4 is 15.5 Å². The van der Waals surface area contributed by atoms with Gasteiger partial charge in [0.1, 0.15) is 5.69 Å². The van der Waals surface area contributed by atoms with Crippen LogP contribution >= 0.6 is 0 Å². The minimum atomic E-state index is -5.08. The molecule has 2 saturated heterocycles. The molecule has 0 aliphatic carbocycles. The number of hydrogen-bond donors (Lipinski definition) is 3. The number of carbonyl (C=O) groups excluding carboxylic acids is 1. The fraction of sp³-hybridized carbons (Fsp3) is 0.562. The summed E-state index contributed by atoms with van der Waals surface area (Å²) in [5.41, 5.74) is 2.51. The smallest absolute Gasteiger partial charge is 0.475 e. The number of anilines is 1. The van der Waals surface area contributed by atoms with E-state index in [0.717, 1.165) is 37.6 Å². The predicted octanol–water partition coefficient (Wildman–Crippen LogP) is 0.562. The van der Waals surface area contributed by atoms with Gasteiger partial charge in [0, 0.05) is 26.2 Å². The molecule has 150 valence electrons. The van der Waals surface area contributed by atoms with Crippen LogP contribution in [0.5, 0.6) is 0 Å². The summed E-state index contributed by atoms with van der Waals surface area (Å²) in [6, 6.07) is 3.94. The van der Waals surface area contributed by atoms with E-state index < -0.39 is 12.1 Å². The summed E-state index contributed by atoms with van der Waals surface area (Å²) in [4.78, 5) is 27.7. The summed E-state index contributed by atoms with van der Waals surface area (Å²) < 4.78 is 36.8. The van der Waals surface area contributed by atoms with Gasteiger partial charge in [-0.05, 0) is 19.1 Å². The van der Waals surface area contributed by atoms with Gasteiger partial charge < -0.3 is 25.4 Å². The Labute approximate surface area is 153 Å². The Bertz CT molecular complexity index is 674. The lowest BCUT2D eigenvalue weighted by Gasteiger charge is -2.30. The van der Waals surface area contributed by atoms with E-state index in [2.05, 4.69) is 20.5 Å². The Morgan fingerprint density at radius 1 is 1.30 bits per heavy atom. The lowest BCUT2D eigenvalue weighted by Crippen LogP contribution is -2.48. The van der Waals surface area contributed by atoms with Crippen LogP contribution in [0.15, 0.2) is 12.1 Å². The lowest BCUT2D eigenvalue weighted by atomic mass is 10.2. The van der Waals surface area contributed by atoms with Gasteiger partial charge in [-0.2, -0.15) is 13.2 Å². The van der Waals surface area contributed by atoms with Gasteiger partial charge in [-0.25, -0.2) is 9.78 Å². The number of nitrogens with zero attached hydrogens (tertiary/aromatic N) is 2. The number of hydrogen-bond acceptors (Lipinski definition) is 6. The van der Waals surface area contributed by atoms with Crippen molar-refractivity contribution in [1.82, 2.24) is 15.6 Å². The van der Waals surface area contributed by atoms with Crippen molar-refractivity contribution in [2.24, 2.45) is 0 Å². The number of ether oxygens (including phenoxy) is 1. The number of aryl methyl sites for hydroxylation is 1. The van der Waals surface area contributed by atoms with E-state index in [0.29, 0.717) is 18.9 Å². The summed E-state index contributed by atoms with van der Waals surface area (Å²) in [7, 11) is 0. The number of halogens is 3. The number of aromatic nitrogens is 1. The molecule has 0 saturated carbocycles. The van der Waals surface area contributed by atoms with Gasteiger partial charge >= 0.3 is 12.1 Å². The first-order chi connectivity index (χ1) is 12.7. The molecule has 27 heavy (non-hydrogen) atoms. The van der Waals surface area contributed by atoms with Crippen molar-refractivity contribution < 1.29 is 32.6 Å². The number of rotatable bonds is 3. The molecule has 3 N–H and O–H groups in total. The SMILES string of the molecule is Cc1nc(C(=O)NC2COC2)ccc1N1CCNCC1.O=C(O)C(F)(F)F. The monoisotopic (exact) mass is 390 g/mol. The first-order valence-corrected chi connectivity index (χ1v) is 8.30. The number of pyridine rings is 1. The van der Waals surface area contributed by atoms with E-state index in [4.69, 9.17) is 14.6 Å². The van der Waals surface area contributed by atoms with Crippen LogP contribution in [0.2, 0.25) is 0 Å². The standard InChI is InChI=1S/C14H20N4O2.C2HF3O2/c1-10-13(18-6-4-15-5-7-18)3-2-12(16-10)14(19)17-11-8-20-9-11;3-2(4,5)1(6)7/h2-3,11,15H,4-9H2,1H3,(H,17,19);(H,6,7). The second-order valence-electron chi connectivity index (χ2n) is 6.05. The van der Waals surface area contributed by atoms with E-state index in [1.165, 1.54) is 0 Å². The molecule has 11 heteroatoms. The van der Waals surface area contributed by atoms with Crippen molar-refractivity contribution >= 4 is 17.6 Å². The molecule has 1 aromatic rings. The molecule has 0 unspecified atom stereocenters. The first kappa shape index (κ1) is 20.9. The number of carboxylic acid groups (broad SMARTS) is 1. The van der Waals surface area contributed by atoms with E-state index in [1.807, 2.05) is 13.0 Å². The van der Waals surface area contributed by atoms with Crippen LogP contribution in [0.25, 0.3) is 0 Å². The molecule has 0 bridgehead atoms. The third kappa shape index (κ3) is 6.07. The summed E-state index contributed by atoms with van der Waals surface area (Å²) in [6.45, 7) is 7.10. The van der Waals surface area contributed by atoms with Crippen LogP contribution in [0, 0.1) is 6.92 Å². The quantitative estimate of drug-likeness (QED) is 0.693. The van der Waals surface area contributed by atoms with Gasteiger partial charge in [0.15, 0.2) is 0 Å². The molecule has 8 nitrogen and oxygen atoms in total. The van der Waals surface area contributed by atoms with Gasteiger partial charge in [-0.15, -0.1) is 0 Å². The average Bonchev–Trinajstić information content (AvgIpc) is 2.58. The first-order valence-electron chi connectivity index (χ1n) is 8.30. The maximum atomic E-state index is 12.0. The number of carbonyl (C=O) groups is 2. The Hall–Kier alpha value is -2.40. The van der Waals surface area contributed by atoms with Crippen LogP contribution in [-0.2, 0) is 9.53 Å². The molecule has 0 spiro atoms. The molecule has 0 radical (unpaired) electrons. The number of carboxylic acids is 1. The van der Waals surface area contributed by atoms with Gasteiger partial charge in [0.05, 0.1) is 30.6 Å². The topological polar surface area (TPSA) is 104 Å². The zero-order chi connectivity index (χ0) is 20.0. The van der Waals surface area contributed by atoms with Crippen molar-refractivity contribution in [1.29, 1.82) is 0 Å². The van der Waals surface area contributed by atoms with Gasteiger partial charge in [-0.1, -0.05) is 0 Å². The molecule has 0 atom stereocenters. The number of amides is 1. The second kappa shape index (κ2) is 9.00. The van der Waals surface area contributed by atoms with Gasteiger partial charge in [0.25, 0.3) is 5.91 Å². The van der Waals surface area contributed by atoms with Crippen molar-refractivity contribution in [3.63, 3.8) is 0 Å². The molecule has 3 rings (SSSR count). The maximum Gasteiger partial charge on any atom is 0.490 e. The summed E-state index contributed by atoms with van der Waals surface area (Å²) in [5, 5.41) is 13.4. The molecule has 0 aromatic carbocycles. The summed E-state index contributed by atoms with van der Waals surface area (Å²) in [5.74, 6) is -2.87. The zero-order valence-electron chi connectivity index (χ0n) is 14.7. The van der Waals surface area contributed by atoms with Crippen molar-refractivity contribution in [3.8, 4) is 0 Å². The van der Waals surface area contributed by atoms with E-state index >= 15 is 0 Å². The number of piperazine rings is 1. The maximum absolute atomic E-state index is 12.0. The van der Waals surface area contributed by atoms with Crippen LogP contribution in [0.3, 0.4) is 0 Å². The molecule has 3 heterocycles. The minimum Gasteiger partial charge on any atom is -0.475 e. The normalized spacial score (nSPS) is 17.4. The number of alkyl halides is 3. The minimum absolute atomic E-state index is 0.117. The molecule has 2 fully saturated rings. The van der Waals surface area contributed by atoms with Crippen molar-refractivity contribution in [2.45, 2.75) is 19.1 Å². The Morgan fingerprint density at radius 2 is 1.89 bits per heavy atom. The highest BCUT2D eigenvalue weighted by Crippen LogP contribution is 2.19. The van der Waals surface area contributed by atoms with E-state index in [-0.39, 0.29) is 11.9 Å². The third-order valence-electron chi connectivity index (χ3n) is 3.96. The highest BCUT2D eigenvalue weighted by molar-refractivity contribution is 5.93. The van der Waals surface area contributed by atoms with Crippen molar-refractivity contribution in [3.05, 3.63) is 23.5 Å². The molecular weight excluding hydrogens is 369 g/mol. The highest BCUT2D eigenvalue weighted by atomic mass is 19.4. The average molecular weight is 390 g/mol. The molecule has 1 amide bonds. The zero-order valence-corrected chi connectivity index (χ0v) is 14.7. The Balaban J connectivity index is 0.000000321. The lowest BCUT2D eigenvalue weighted by molar-refractivity contribution is -0.192. The fourth-order valence-electron chi connectivity index (χ4n) is 2.50. The van der Waals surface area contributed by atoms with Crippen LogP contribution in [0.1, 0.15) is 16.2 Å². The Kier molecular flexibility index (Phi) is 6.97. The largest absolute Gasteiger partial charge is 0.490 e. The van der Waals surface area contributed by atoms with Gasteiger partial charge in [-0.3, -0.25) is 4.79 Å². The predicted molar refractivity (Wildman–Crippen MR) is 89.8 cm³/mol. The van der Waals surface area contributed by atoms with Crippen molar-refractivity contribution in [2.75, 3.05) is 44.3 Å².